The number of carbonyl (C=O) groups is 1. The van der Waals surface area contributed by atoms with Gasteiger partial charge in [0.15, 0.2) is 0 Å². The van der Waals surface area contributed by atoms with E-state index in [0.29, 0.717) is 50.6 Å². The van der Waals surface area contributed by atoms with Gasteiger partial charge in [0.2, 0.25) is 10.0 Å². The number of para-hydroxylation sites is 1. The van der Waals surface area contributed by atoms with Gasteiger partial charge < -0.3 is 10.1 Å². The van der Waals surface area contributed by atoms with Crippen molar-refractivity contribution in [2.75, 3.05) is 46.4 Å². The van der Waals surface area contributed by atoms with E-state index in [1.54, 1.807) is 24.3 Å². The molecular formula is C20H24FN3O4S. The number of nitrogens with one attached hydrogen (secondary N) is 1. The summed E-state index contributed by atoms with van der Waals surface area (Å²) in [5, 5.41) is 2.87. The number of amides is 1. The van der Waals surface area contributed by atoms with E-state index in [-0.39, 0.29) is 10.8 Å². The molecule has 2 aromatic carbocycles. The van der Waals surface area contributed by atoms with Gasteiger partial charge in [-0.3, -0.25) is 9.69 Å². The molecule has 1 aliphatic rings. The van der Waals surface area contributed by atoms with Crippen molar-refractivity contribution in [1.82, 2.24) is 14.5 Å². The normalized spacial score (nSPS) is 15.8. The maximum atomic E-state index is 13.0. The molecular weight excluding hydrogens is 397 g/mol. The van der Waals surface area contributed by atoms with E-state index in [0.717, 1.165) is 12.1 Å². The maximum Gasteiger partial charge on any atom is 0.255 e. The molecule has 1 aliphatic heterocycles. The van der Waals surface area contributed by atoms with Crippen LogP contribution in [0.5, 0.6) is 5.75 Å². The second-order valence-electron chi connectivity index (χ2n) is 6.66. The third kappa shape index (κ3) is 5.11. The molecule has 1 saturated heterocycles. The molecule has 156 valence electrons. The molecule has 9 heteroatoms. The van der Waals surface area contributed by atoms with Gasteiger partial charge in [0, 0.05) is 39.3 Å². The summed E-state index contributed by atoms with van der Waals surface area (Å²) >= 11 is 0. The van der Waals surface area contributed by atoms with Crippen LogP contribution in [0.2, 0.25) is 0 Å². The number of hydrogen-bond donors (Lipinski definition) is 1. The van der Waals surface area contributed by atoms with Crippen molar-refractivity contribution in [3.8, 4) is 5.75 Å². The highest BCUT2D eigenvalue weighted by Gasteiger charge is 2.28. The molecule has 0 aliphatic carbocycles. The molecule has 7 nitrogen and oxygen atoms in total. The van der Waals surface area contributed by atoms with Gasteiger partial charge in [0.25, 0.3) is 5.91 Å². The predicted molar refractivity (Wildman–Crippen MR) is 107 cm³/mol. The van der Waals surface area contributed by atoms with E-state index >= 15 is 0 Å². The molecule has 0 unspecified atom stereocenters. The van der Waals surface area contributed by atoms with Gasteiger partial charge in [0.1, 0.15) is 11.6 Å². The van der Waals surface area contributed by atoms with Crippen LogP contribution in [0.4, 0.5) is 4.39 Å². The summed E-state index contributed by atoms with van der Waals surface area (Å²) in [5.74, 6) is -0.159. The standard InChI is InChI=1S/C20H24FN3O4S/c1-28-19-5-3-2-4-18(19)20(25)22-10-11-23-12-14-24(15-13-23)29(26,27)17-8-6-16(21)7-9-17/h2-9H,10-15H2,1H3,(H,22,25). The molecule has 1 fully saturated rings. The molecule has 0 bridgehead atoms. The van der Waals surface area contributed by atoms with Crippen molar-refractivity contribution in [3.05, 3.63) is 59.9 Å². The number of halogens is 1. The number of rotatable bonds is 7. The first-order valence-electron chi connectivity index (χ1n) is 9.31. The number of methoxy groups -OCH3 is 1. The fraction of sp³-hybridized carbons (Fsp3) is 0.350. The zero-order valence-corrected chi connectivity index (χ0v) is 17.0. The lowest BCUT2D eigenvalue weighted by Gasteiger charge is -2.33. The van der Waals surface area contributed by atoms with Crippen molar-refractivity contribution in [2.24, 2.45) is 0 Å². The summed E-state index contributed by atoms with van der Waals surface area (Å²) < 4.78 is 44.9. The maximum absolute atomic E-state index is 13.0. The summed E-state index contributed by atoms with van der Waals surface area (Å²) in [6.07, 6.45) is 0. The zero-order chi connectivity index (χ0) is 20.9. The van der Waals surface area contributed by atoms with Gasteiger partial charge in [-0.1, -0.05) is 12.1 Å². The number of piperazine rings is 1. The molecule has 0 saturated carbocycles. The van der Waals surface area contributed by atoms with Gasteiger partial charge in [-0.05, 0) is 36.4 Å². The third-order valence-electron chi connectivity index (χ3n) is 4.85. The number of sulfonamides is 1. The Bertz CT molecular complexity index is 942. The van der Waals surface area contributed by atoms with Gasteiger partial charge >= 0.3 is 0 Å². The Hall–Kier alpha value is -2.49. The third-order valence-corrected chi connectivity index (χ3v) is 6.76. The van der Waals surface area contributed by atoms with Crippen molar-refractivity contribution in [2.45, 2.75) is 4.90 Å². The van der Waals surface area contributed by atoms with Crippen LogP contribution in [-0.4, -0.2) is 69.9 Å². The van der Waals surface area contributed by atoms with Crippen molar-refractivity contribution in [1.29, 1.82) is 0 Å². The summed E-state index contributed by atoms with van der Waals surface area (Å²) in [6.45, 7) is 2.88. The second kappa shape index (κ2) is 9.34. The Balaban J connectivity index is 1.47. The molecule has 1 heterocycles. The van der Waals surface area contributed by atoms with Crippen molar-refractivity contribution >= 4 is 15.9 Å². The van der Waals surface area contributed by atoms with E-state index in [9.17, 15) is 17.6 Å². The SMILES string of the molecule is COc1ccccc1C(=O)NCCN1CCN(S(=O)(=O)c2ccc(F)cc2)CC1. The Morgan fingerprint density at radius 2 is 1.72 bits per heavy atom. The molecule has 2 aromatic rings. The topological polar surface area (TPSA) is 79.0 Å². The number of nitrogens with zero attached hydrogens (tertiary/aromatic N) is 2. The average molecular weight is 421 g/mol. The summed E-state index contributed by atoms with van der Waals surface area (Å²) in [5.41, 5.74) is 0.477. The zero-order valence-electron chi connectivity index (χ0n) is 16.2. The summed E-state index contributed by atoms with van der Waals surface area (Å²) in [6, 6.07) is 11.9. The van der Waals surface area contributed by atoms with Crippen LogP contribution < -0.4 is 10.1 Å². The van der Waals surface area contributed by atoms with Crippen LogP contribution in [0, 0.1) is 5.82 Å². The minimum atomic E-state index is -3.62. The second-order valence-corrected chi connectivity index (χ2v) is 8.59. The summed E-state index contributed by atoms with van der Waals surface area (Å²) in [4.78, 5) is 14.5. The highest BCUT2D eigenvalue weighted by atomic mass is 32.2. The van der Waals surface area contributed by atoms with Crippen LogP contribution in [0.25, 0.3) is 0 Å². The monoisotopic (exact) mass is 421 g/mol. The average Bonchev–Trinajstić information content (AvgIpc) is 2.74. The Morgan fingerprint density at radius 1 is 1.07 bits per heavy atom. The molecule has 0 spiro atoms. The number of benzene rings is 2. The largest absolute Gasteiger partial charge is 0.496 e. The number of ether oxygens (including phenoxy) is 1. The van der Waals surface area contributed by atoms with Crippen molar-refractivity contribution in [3.63, 3.8) is 0 Å². The molecule has 1 N–H and O–H groups in total. The Morgan fingerprint density at radius 3 is 2.38 bits per heavy atom. The first-order chi connectivity index (χ1) is 13.9. The van der Waals surface area contributed by atoms with Crippen LogP contribution in [0.15, 0.2) is 53.4 Å². The molecule has 0 radical (unpaired) electrons. The van der Waals surface area contributed by atoms with Crippen LogP contribution >= 0.6 is 0 Å². The van der Waals surface area contributed by atoms with E-state index in [2.05, 4.69) is 10.2 Å². The quantitative estimate of drug-likeness (QED) is 0.734. The molecule has 0 aromatic heterocycles. The number of carbonyl (C=O) groups excluding carboxylic acids is 1. The molecule has 3 rings (SSSR count). The first kappa shape index (κ1) is 21.2. The molecule has 0 atom stereocenters. The summed E-state index contributed by atoms with van der Waals surface area (Å²) in [7, 11) is -2.10. The Labute approximate surface area is 170 Å². The Kier molecular flexibility index (Phi) is 6.83. The van der Waals surface area contributed by atoms with Gasteiger partial charge in [0.05, 0.1) is 17.6 Å². The highest BCUT2D eigenvalue weighted by molar-refractivity contribution is 7.89. The van der Waals surface area contributed by atoms with E-state index in [1.165, 1.54) is 23.5 Å². The predicted octanol–water partition coefficient (Wildman–Crippen LogP) is 1.57. The number of hydrogen-bond acceptors (Lipinski definition) is 5. The van der Waals surface area contributed by atoms with Crippen LogP contribution in [0.3, 0.4) is 0 Å². The lowest BCUT2D eigenvalue weighted by Crippen LogP contribution is -2.50. The first-order valence-corrected chi connectivity index (χ1v) is 10.7. The lowest BCUT2D eigenvalue weighted by atomic mass is 10.2. The van der Waals surface area contributed by atoms with Gasteiger partial charge in [-0.25, -0.2) is 12.8 Å². The van der Waals surface area contributed by atoms with E-state index in [1.807, 2.05) is 0 Å². The van der Waals surface area contributed by atoms with Crippen molar-refractivity contribution < 1.29 is 22.3 Å². The van der Waals surface area contributed by atoms with Crippen LogP contribution in [0.1, 0.15) is 10.4 Å². The molecule has 1 amide bonds. The lowest BCUT2D eigenvalue weighted by molar-refractivity contribution is 0.0942. The fourth-order valence-electron chi connectivity index (χ4n) is 3.20. The minimum Gasteiger partial charge on any atom is -0.496 e. The van der Waals surface area contributed by atoms with Gasteiger partial charge in [-0.2, -0.15) is 4.31 Å². The minimum absolute atomic E-state index is 0.0939. The highest BCUT2D eigenvalue weighted by Crippen LogP contribution is 2.18. The van der Waals surface area contributed by atoms with Gasteiger partial charge in [-0.15, -0.1) is 0 Å². The smallest absolute Gasteiger partial charge is 0.255 e. The van der Waals surface area contributed by atoms with Crippen LogP contribution in [-0.2, 0) is 10.0 Å². The van der Waals surface area contributed by atoms with E-state index < -0.39 is 15.8 Å². The fourth-order valence-corrected chi connectivity index (χ4v) is 4.63. The van der Waals surface area contributed by atoms with E-state index in [4.69, 9.17) is 4.74 Å². The molecule has 29 heavy (non-hydrogen) atoms.